The maximum Gasteiger partial charge on any atom is 0.242 e. The SMILES string of the molecule is CNC(=O)C(Cc1ccc(O)cc1)NC(=O)CCCN. The first-order valence-electron chi connectivity index (χ1n) is 6.55. The summed E-state index contributed by atoms with van der Waals surface area (Å²) in [6, 6.07) is 5.91. The molecule has 20 heavy (non-hydrogen) atoms. The molecule has 0 aliphatic heterocycles. The van der Waals surface area contributed by atoms with E-state index >= 15 is 0 Å². The summed E-state index contributed by atoms with van der Waals surface area (Å²) in [7, 11) is 1.53. The monoisotopic (exact) mass is 279 g/mol. The lowest BCUT2D eigenvalue weighted by atomic mass is 10.0. The smallest absolute Gasteiger partial charge is 0.242 e. The highest BCUT2D eigenvalue weighted by Gasteiger charge is 2.19. The average Bonchev–Trinajstić information content (AvgIpc) is 2.45. The van der Waals surface area contributed by atoms with Gasteiger partial charge in [0.25, 0.3) is 0 Å². The van der Waals surface area contributed by atoms with Gasteiger partial charge in [-0.15, -0.1) is 0 Å². The average molecular weight is 279 g/mol. The Morgan fingerprint density at radius 3 is 2.50 bits per heavy atom. The van der Waals surface area contributed by atoms with Crippen LogP contribution in [0.3, 0.4) is 0 Å². The molecule has 110 valence electrons. The lowest BCUT2D eigenvalue weighted by Gasteiger charge is -2.17. The Morgan fingerprint density at radius 1 is 1.30 bits per heavy atom. The zero-order chi connectivity index (χ0) is 15.0. The maximum atomic E-state index is 11.8. The molecular weight excluding hydrogens is 258 g/mol. The highest BCUT2D eigenvalue weighted by molar-refractivity contribution is 5.87. The minimum Gasteiger partial charge on any atom is -0.508 e. The summed E-state index contributed by atoms with van der Waals surface area (Å²) in [5.74, 6) is -0.278. The van der Waals surface area contributed by atoms with Crippen molar-refractivity contribution in [2.45, 2.75) is 25.3 Å². The van der Waals surface area contributed by atoms with Crippen LogP contribution in [0.4, 0.5) is 0 Å². The van der Waals surface area contributed by atoms with Crippen LogP contribution in [-0.2, 0) is 16.0 Å². The number of amides is 2. The van der Waals surface area contributed by atoms with Gasteiger partial charge >= 0.3 is 0 Å². The number of phenolic OH excluding ortho intramolecular Hbond substituents is 1. The number of hydrogen-bond acceptors (Lipinski definition) is 4. The molecule has 1 aromatic carbocycles. The van der Waals surface area contributed by atoms with Crippen molar-refractivity contribution in [3.05, 3.63) is 29.8 Å². The third-order valence-corrected chi connectivity index (χ3v) is 2.88. The molecule has 0 fully saturated rings. The van der Waals surface area contributed by atoms with Crippen LogP contribution in [0.2, 0.25) is 0 Å². The first-order valence-corrected chi connectivity index (χ1v) is 6.55. The van der Waals surface area contributed by atoms with Crippen LogP contribution in [0.25, 0.3) is 0 Å². The Hall–Kier alpha value is -2.08. The normalized spacial score (nSPS) is 11.7. The Labute approximate surface area is 118 Å². The van der Waals surface area contributed by atoms with Crippen molar-refractivity contribution >= 4 is 11.8 Å². The molecule has 1 atom stereocenters. The number of phenols is 1. The van der Waals surface area contributed by atoms with E-state index < -0.39 is 6.04 Å². The van der Waals surface area contributed by atoms with E-state index in [-0.39, 0.29) is 17.6 Å². The van der Waals surface area contributed by atoms with Crippen LogP contribution in [0.5, 0.6) is 5.75 Å². The highest BCUT2D eigenvalue weighted by atomic mass is 16.3. The van der Waals surface area contributed by atoms with Crippen LogP contribution >= 0.6 is 0 Å². The minimum absolute atomic E-state index is 0.164. The largest absolute Gasteiger partial charge is 0.508 e. The van der Waals surface area contributed by atoms with Crippen molar-refractivity contribution in [2.75, 3.05) is 13.6 Å². The lowest BCUT2D eigenvalue weighted by Crippen LogP contribution is -2.47. The molecule has 0 aliphatic rings. The van der Waals surface area contributed by atoms with Crippen LogP contribution in [0.15, 0.2) is 24.3 Å². The minimum atomic E-state index is -0.630. The van der Waals surface area contributed by atoms with Gasteiger partial charge in [-0.2, -0.15) is 0 Å². The van der Waals surface area contributed by atoms with Crippen molar-refractivity contribution in [3.8, 4) is 5.75 Å². The lowest BCUT2D eigenvalue weighted by molar-refractivity contribution is -0.128. The second-order valence-corrected chi connectivity index (χ2v) is 4.50. The van der Waals surface area contributed by atoms with E-state index in [9.17, 15) is 14.7 Å². The van der Waals surface area contributed by atoms with Gasteiger partial charge in [-0.1, -0.05) is 12.1 Å². The van der Waals surface area contributed by atoms with Gasteiger partial charge in [0.2, 0.25) is 11.8 Å². The van der Waals surface area contributed by atoms with Gasteiger partial charge in [0.1, 0.15) is 11.8 Å². The summed E-state index contributed by atoms with van der Waals surface area (Å²) in [5, 5.41) is 14.5. The predicted octanol–water partition coefficient (Wildman–Crippen LogP) is -0.0956. The van der Waals surface area contributed by atoms with E-state index in [0.717, 1.165) is 5.56 Å². The molecule has 1 unspecified atom stereocenters. The van der Waals surface area contributed by atoms with E-state index in [1.807, 2.05) is 0 Å². The zero-order valence-electron chi connectivity index (χ0n) is 11.6. The molecule has 0 bridgehead atoms. The third kappa shape index (κ3) is 5.27. The molecule has 0 aliphatic carbocycles. The molecule has 6 heteroatoms. The standard InChI is InChI=1S/C14H21N3O3/c1-16-14(20)12(17-13(19)3-2-8-15)9-10-4-6-11(18)7-5-10/h4-7,12,18H,2-3,8-9,15H2,1H3,(H,16,20)(H,17,19). The zero-order valence-corrected chi connectivity index (χ0v) is 11.6. The second kappa shape index (κ2) is 8.16. The molecule has 0 aromatic heterocycles. The Bertz CT molecular complexity index is 445. The van der Waals surface area contributed by atoms with Crippen molar-refractivity contribution in [3.63, 3.8) is 0 Å². The third-order valence-electron chi connectivity index (χ3n) is 2.88. The molecule has 6 nitrogen and oxygen atoms in total. The molecule has 5 N–H and O–H groups in total. The van der Waals surface area contributed by atoms with E-state index in [1.54, 1.807) is 24.3 Å². The van der Waals surface area contributed by atoms with Crippen LogP contribution < -0.4 is 16.4 Å². The second-order valence-electron chi connectivity index (χ2n) is 4.50. The van der Waals surface area contributed by atoms with Crippen LogP contribution in [0, 0.1) is 0 Å². The van der Waals surface area contributed by atoms with E-state index in [1.165, 1.54) is 7.05 Å². The van der Waals surface area contributed by atoms with Gasteiger partial charge in [-0.25, -0.2) is 0 Å². The molecule has 0 heterocycles. The van der Waals surface area contributed by atoms with Crippen molar-refractivity contribution in [1.82, 2.24) is 10.6 Å². The number of rotatable bonds is 7. The molecule has 0 saturated heterocycles. The first kappa shape index (κ1) is 16.0. The summed E-state index contributed by atoms with van der Waals surface area (Å²) in [5.41, 5.74) is 6.21. The summed E-state index contributed by atoms with van der Waals surface area (Å²) >= 11 is 0. The number of benzene rings is 1. The highest BCUT2D eigenvalue weighted by Crippen LogP contribution is 2.11. The number of likely N-dealkylation sites (N-methyl/N-ethyl adjacent to an activating group) is 1. The quantitative estimate of drug-likeness (QED) is 0.559. The van der Waals surface area contributed by atoms with Gasteiger partial charge < -0.3 is 21.5 Å². The fourth-order valence-corrected chi connectivity index (χ4v) is 1.78. The molecule has 0 spiro atoms. The number of carbonyl (C=O) groups excluding carboxylic acids is 2. The Morgan fingerprint density at radius 2 is 1.95 bits per heavy atom. The Balaban J connectivity index is 2.67. The van der Waals surface area contributed by atoms with E-state index in [4.69, 9.17) is 5.73 Å². The number of hydrogen-bond donors (Lipinski definition) is 4. The fraction of sp³-hybridized carbons (Fsp3) is 0.429. The van der Waals surface area contributed by atoms with Crippen LogP contribution in [0.1, 0.15) is 18.4 Å². The number of nitrogens with two attached hydrogens (primary N) is 1. The number of carbonyl (C=O) groups is 2. The fourth-order valence-electron chi connectivity index (χ4n) is 1.78. The van der Waals surface area contributed by atoms with Gasteiger partial charge in [0, 0.05) is 19.9 Å². The van der Waals surface area contributed by atoms with Gasteiger partial charge in [-0.3, -0.25) is 9.59 Å². The van der Waals surface area contributed by atoms with Gasteiger partial charge in [-0.05, 0) is 30.7 Å². The summed E-state index contributed by atoms with van der Waals surface area (Å²) in [6.07, 6.45) is 1.26. The number of nitrogens with one attached hydrogen (secondary N) is 2. The molecule has 1 aromatic rings. The number of aromatic hydroxyl groups is 1. The van der Waals surface area contributed by atoms with E-state index in [2.05, 4.69) is 10.6 Å². The summed E-state index contributed by atoms with van der Waals surface area (Å²) in [6.45, 7) is 0.440. The molecular formula is C14H21N3O3. The predicted molar refractivity (Wildman–Crippen MR) is 76.1 cm³/mol. The first-order chi connectivity index (χ1) is 9.56. The molecule has 1 rings (SSSR count). The van der Waals surface area contributed by atoms with Crippen LogP contribution in [-0.4, -0.2) is 36.6 Å². The molecule has 0 saturated carbocycles. The summed E-state index contributed by atoms with van der Waals surface area (Å²) < 4.78 is 0. The maximum absolute atomic E-state index is 11.8. The molecule has 2 amide bonds. The van der Waals surface area contributed by atoms with Gasteiger partial charge in [0.05, 0.1) is 0 Å². The Kier molecular flexibility index (Phi) is 6.52. The topological polar surface area (TPSA) is 104 Å². The van der Waals surface area contributed by atoms with E-state index in [0.29, 0.717) is 25.8 Å². The van der Waals surface area contributed by atoms with Gasteiger partial charge in [0.15, 0.2) is 0 Å². The van der Waals surface area contributed by atoms with Crippen molar-refractivity contribution < 1.29 is 14.7 Å². The summed E-state index contributed by atoms with van der Waals surface area (Å²) in [4.78, 5) is 23.5. The van der Waals surface area contributed by atoms with Crippen molar-refractivity contribution in [2.24, 2.45) is 5.73 Å². The molecule has 0 radical (unpaired) electrons. The van der Waals surface area contributed by atoms with Crippen molar-refractivity contribution in [1.29, 1.82) is 0 Å².